The van der Waals surface area contributed by atoms with Gasteiger partial charge >= 0.3 is 0 Å². The van der Waals surface area contributed by atoms with Gasteiger partial charge in [0.05, 0.1) is 33.0 Å². The van der Waals surface area contributed by atoms with Gasteiger partial charge in [0.1, 0.15) is 5.75 Å². The third-order valence-corrected chi connectivity index (χ3v) is 3.18. The van der Waals surface area contributed by atoms with E-state index in [9.17, 15) is 5.11 Å². The van der Waals surface area contributed by atoms with Crippen LogP contribution in [0.5, 0.6) is 5.75 Å². The molecule has 0 aliphatic heterocycles. The molecule has 3 N–H and O–H groups in total. The van der Waals surface area contributed by atoms with Gasteiger partial charge in [-0.25, -0.2) is 0 Å². The van der Waals surface area contributed by atoms with Gasteiger partial charge < -0.3 is 25.0 Å². The number of aliphatic hydroxyl groups excluding tert-OH is 2. The fourth-order valence-electron chi connectivity index (χ4n) is 2.01. The standard InChI is InChI=1S/C15H25NO4/c1-11-10-13(4-5-14(11)19-3)15(18)12(2)16-6-8-20-9-7-17/h4-5,10,12,15-18H,6-9H2,1-3H3. The Hall–Kier alpha value is -1.14. The Balaban J connectivity index is 2.47. The maximum atomic E-state index is 10.3. The first-order valence-corrected chi connectivity index (χ1v) is 6.84. The third-order valence-electron chi connectivity index (χ3n) is 3.18. The van der Waals surface area contributed by atoms with Gasteiger partial charge in [-0.1, -0.05) is 6.07 Å². The smallest absolute Gasteiger partial charge is 0.121 e. The van der Waals surface area contributed by atoms with Gasteiger partial charge in [-0.3, -0.25) is 0 Å². The van der Waals surface area contributed by atoms with E-state index < -0.39 is 6.10 Å². The van der Waals surface area contributed by atoms with Crippen molar-refractivity contribution in [1.29, 1.82) is 0 Å². The van der Waals surface area contributed by atoms with E-state index in [1.807, 2.05) is 32.0 Å². The number of hydrogen-bond donors (Lipinski definition) is 3. The highest BCUT2D eigenvalue weighted by Gasteiger charge is 2.16. The van der Waals surface area contributed by atoms with Crippen LogP contribution >= 0.6 is 0 Å². The summed E-state index contributed by atoms with van der Waals surface area (Å²) in [5, 5.41) is 22.1. The van der Waals surface area contributed by atoms with E-state index in [1.54, 1.807) is 7.11 Å². The lowest BCUT2D eigenvalue weighted by molar-refractivity contribution is 0.0849. The van der Waals surface area contributed by atoms with Crippen molar-refractivity contribution in [3.8, 4) is 5.75 Å². The Kier molecular flexibility index (Phi) is 7.54. The lowest BCUT2D eigenvalue weighted by Crippen LogP contribution is -2.34. The highest BCUT2D eigenvalue weighted by atomic mass is 16.5. The highest BCUT2D eigenvalue weighted by molar-refractivity contribution is 5.37. The van der Waals surface area contributed by atoms with E-state index in [0.29, 0.717) is 19.8 Å². The third kappa shape index (κ3) is 5.09. The lowest BCUT2D eigenvalue weighted by Gasteiger charge is -2.21. The van der Waals surface area contributed by atoms with Crippen LogP contribution in [0.15, 0.2) is 18.2 Å². The molecule has 0 aromatic heterocycles. The van der Waals surface area contributed by atoms with Gasteiger partial charge in [0.25, 0.3) is 0 Å². The Labute approximate surface area is 120 Å². The van der Waals surface area contributed by atoms with Crippen LogP contribution < -0.4 is 10.1 Å². The molecular weight excluding hydrogens is 258 g/mol. The fourth-order valence-corrected chi connectivity index (χ4v) is 2.01. The van der Waals surface area contributed by atoms with Crippen LogP contribution in [0.2, 0.25) is 0 Å². The second-order valence-corrected chi connectivity index (χ2v) is 4.75. The van der Waals surface area contributed by atoms with E-state index in [4.69, 9.17) is 14.6 Å². The summed E-state index contributed by atoms with van der Waals surface area (Å²) in [6, 6.07) is 5.59. The molecule has 1 aromatic rings. The highest BCUT2D eigenvalue weighted by Crippen LogP contribution is 2.24. The van der Waals surface area contributed by atoms with Crippen molar-refractivity contribution in [2.24, 2.45) is 0 Å². The maximum absolute atomic E-state index is 10.3. The molecule has 1 aromatic carbocycles. The van der Waals surface area contributed by atoms with Gasteiger partial charge in [0, 0.05) is 12.6 Å². The molecule has 0 saturated carbocycles. The normalized spacial score (nSPS) is 14.1. The van der Waals surface area contributed by atoms with Gasteiger partial charge in [0.15, 0.2) is 0 Å². The number of ether oxygens (including phenoxy) is 2. The molecule has 2 unspecified atom stereocenters. The summed E-state index contributed by atoms with van der Waals surface area (Å²) in [6.45, 7) is 5.40. The summed E-state index contributed by atoms with van der Waals surface area (Å²) in [6.07, 6.45) is -0.586. The van der Waals surface area contributed by atoms with Crippen LogP contribution in [0, 0.1) is 6.92 Å². The van der Waals surface area contributed by atoms with E-state index in [1.165, 1.54) is 0 Å². The van der Waals surface area contributed by atoms with Crippen molar-refractivity contribution in [3.05, 3.63) is 29.3 Å². The number of hydrogen-bond acceptors (Lipinski definition) is 5. The van der Waals surface area contributed by atoms with Crippen LogP contribution in [0.25, 0.3) is 0 Å². The zero-order valence-electron chi connectivity index (χ0n) is 12.4. The number of methoxy groups -OCH3 is 1. The monoisotopic (exact) mass is 283 g/mol. The summed E-state index contributed by atoms with van der Waals surface area (Å²) >= 11 is 0. The van der Waals surface area contributed by atoms with Crippen LogP contribution in [0.4, 0.5) is 0 Å². The Morgan fingerprint density at radius 3 is 2.65 bits per heavy atom. The Morgan fingerprint density at radius 2 is 2.05 bits per heavy atom. The Morgan fingerprint density at radius 1 is 1.30 bits per heavy atom. The molecule has 5 nitrogen and oxygen atoms in total. The topological polar surface area (TPSA) is 71.0 Å². The SMILES string of the molecule is COc1ccc(C(O)C(C)NCCOCCO)cc1C. The molecule has 0 saturated heterocycles. The van der Waals surface area contributed by atoms with Crippen molar-refractivity contribution in [2.45, 2.75) is 26.0 Å². The van der Waals surface area contributed by atoms with Gasteiger partial charge in [-0.05, 0) is 37.1 Å². The van der Waals surface area contributed by atoms with Gasteiger partial charge in [0.2, 0.25) is 0 Å². The molecule has 0 radical (unpaired) electrons. The Bertz CT molecular complexity index is 397. The molecule has 5 heteroatoms. The lowest BCUT2D eigenvalue weighted by atomic mass is 10.0. The first-order valence-electron chi connectivity index (χ1n) is 6.84. The van der Waals surface area contributed by atoms with Crippen molar-refractivity contribution < 1.29 is 19.7 Å². The second kappa shape index (κ2) is 8.92. The van der Waals surface area contributed by atoms with Gasteiger partial charge in [-0.2, -0.15) is 0 Å². The van der Waals surface area contributed by atoms with Crippen molar-refractivity contribution in [2.75, 3.05) is 33.5 Å². The molecule has 0 fully saturated rings. The summed E-state index contributed by atoms with van der Waals surface area (Å²) in [7, 11) is 1.63. The molecule has 0 bridgehead atoms. The zero-order chi connectivity index (χ0) is 15.0. The van der Waals surface area contributed by atoms with Gasteiger partial charge in [-0.15, -0.1) is 0 Å². The summed E-state index contributed by atoms with van der Waals surface area (Å²) in [5.41, 5.74) is 1.86. The molecule has 1 rings (SSSR count). The van der Waals surface area contributed by atoms with Crippen LogP contribution in [-0.2, 0) is 4.74 Å². The minimum atomic E-state index is -0.586. The average molecular weight is 283 g/mol. The summed E-state index contributed by atoms with van der Waals surface area (Å²) in [5.74, 6) is 0.818. The molecule has 114 valence electrons. The molecule has 0 amide bonds. The zero-order valence-corrected chi connectivity index (χ0v) is 12.4. The fraction of sp³-hybridized carbons (Fsp3) is 0.600. The summed E-state index contributed by atoms with van der Waals surface area (Å²) in [4.78, 5) is 0. The van der Waals surface area contributed by atoms with Crippen LogP contribution in [-0.4, -0.2) is 49.7 Å². The summed E-state index contributed by atoms with van der Waals surface area (Å²) < 4.78 is 10.4. The second-order valence-electron chi connectivity index (χ2n) is 4.75. The van der Waals surface area contributed by atoms with Crippen molar-refractivity contribution in [1.82, 2.24) is 5.32 Å². The van der Waals surface area contributed by atoms with E-state index >= 15 is 0 Å². The predicted molar refractivity (Wildman–Crippen MR) is 78.1 cm³/mol. The van der Waals surface area contributed by atoms with E-state index in [-0.39, 0.29) is 12.6 Å². The molecule has 20 heavy (non-hydrogen) atoms. The maximum Gasteiger partial charge on any atom is 0.121 e. The first kappa shape index (κ1) is 16.9. The van der Waals surface area contributed by atoms with E-state index in [2.05, 4.69) is 5.32 Å². The minimum absolute atomic E-state index is 0.0311. The largest absolute Gasteiger partial charge is 0.496 e. The molecule has 0 spiro atoms. The quantitative estimate of drug-likeness (QED) is 0.590. The van der Waals surface area contributed by atoms with Crippen LogP contribution in [0.3, 0.4) is 0 Å². The number of nitrogens with one attached hydrogen (secondary N) is 1. The first-order chi connectivity index (χ1) is 9.60. The molecular formula is C15H25NO4. The van der Waals surface area contributed by atoms with Crippen LogP contribution in [0.1, 0.15) is 24.2 Å². The number of benzene rings is 1. The molecule has 0 aliphatic carbocycles. The van der Waals surface area contributed by atoms with E-state index in [0.717, 1.165) is 16.9 Å². The predicted octanol–water partition coefficient (Wildman–Crippen LogP) is 1.02. The average Bonchev–Trinajstić information content (AvgIpc) is 2.46. The number of aliphatic hydroxyl groups is 2. The minimum Gasteiger partial charge on any atom is -0.496 e. The number of rotatable bonds is 9. The number of aryl methyl sites for hydroxylation is 1. The van der Waals surface area contributed by atoms with Crippen molar-refractivity contribution in [3.63, 3.8) is 0 Å². The molecule has 0 heterocycles. The van der Waals surface area contributed by atoms with Crippen molar-refractivity contribution >= 4 is 0 Å². The molecule has 2 atom stereocenters. The molecule has 0 aliphatic rings.